The molecule has 4 nitrogen and oxygen atoms in total. The fourth-order valence-electron chi connectivity index (χ4n) is 2.07. The Labute approximate surface area is 120 Å². The van der Waals surface area contributed by atoms with Crippen LogP contribution in [0.15, 0.2) is 42.5 Å². The summed E-state index contributed by atoms with van der Waals surface area (Å²) < 4.78 is 0. The van der Waals surface area contributed by atoms with Gasteiger partial charge >= 0.3 is 0 Å². The zero-order valence-corrected chi connectivity index (χ0v) is 12.1. The number of nitrogen functional groups attached to an aromatic ring is 2. The molecule has 20 heavy (non-hydrogen) atoms. The Balaban J connectivity index is 1.98. The van der Waals surface area contributed by atoms with Gasteiger partial charge in [0.05, 0.1) is 5.69 Å². The van der Waals surface area contributed by atoms with Gasteiger partial charge in [0.1, 0.15) is 11.6 Å². The monoisotopic (exact) mass is 270 g/mol. The molecule has 0 atom stereocenters. The predicted molar refractivity (Wildman–Crippen MR) is 85.5 cm³/mol. The van der Waals surface area contributed by atoms with Crippen molar-refractivity contribution in [1.29, 1.82) is 0 Å². The number of anilines is 3. The Bertz CT molecular complexity index is 564. The lowest BCUT2D eigenvalue weighted by molar-refractivity contribution is 0.517. The van der Waals surface area contributed by atoms with E-state index in [1.165, 1.54) is 5.56 Å². The second-order valence-electron chi connectivity index (χ2n) is 5.67. The molecule has 0 fully saturated rings. The number of nitrogens with one attached hydrogen (secondary N) is 1. The second kappa shape index (κ2) is 5.82. The van der Waals surface area contributed by atoms with Gasteiger partial charge in [-0.15, -0.1) is 0 Å². The summed E-state index contributed by atoms with van der Waals surface area (Å²) >= 11 is 0. The van der Waals surface area contributed by atoms with Crippen LogP contribution in [0.2, 0.25) is 0 Å². The Kier molecular flexibility index (Phi) is 4.13. The highest BCUT2D eigenvalue weighted by atomic mass is 15.1. The van der Waals surface area contributed by atoms with Crippen LogP contribution in [0.4, 0.5) is 17.3 Å². The van der Waals surface area contributed by atoms with E-state index in [2.05, 4.69) is 48.4 Å². The highest BCUT2D eigenvalue weighted by molar-refractivity contribution is 5.61. The molecule has 0 aliphatic carbocycles. The maximum Gasteiger partial charge on any atom is 0.149 e. The first-order valence-electron chi connectivity index (χ1n) is 6.80. The van der Waals surface area contributed by atoms with Gasteiger partial charge in [-0.05, 0) is 44.4 Å². The molecule has 1 aromatic heterocycles. The smallest absolute Gasteiger partial charge is 0.149 e. The van der Waals surface area contributed by atoms with Crippen molar-refractivity contribution in [3.8, 4) is 0 Å². The van der Waals surface area contributed by atoms with Gasteiger partial charge in [-0.3, -0.25) is 0 Å². The van der Waals surface area contributed by atoms with E-state index in [9.17, 15) is 0 Å². The predicted octanol–water partition coefficient (Wildman–Crippen LogP) is 3.07. The lowest BCUT2D eigenvalue weighted by atomic mass is 9.95. The van der Waals surface area contributed by atoms with Crippen LogP contribution >= 0.6 is 0 Å². The van der Waals surface area contributed by atoms with Crippen molar-refractivity contribution in [1.82, 2.24) is 4.98 Å². The summed E-state index contributed by atoms with van der Waals surface area (Å²) in [6, 6.07) is 14.1. The van der Waals surface area contributed by atoms with Crippen molar-refractivity contribution < 1.29 is 0 Å². The highest BCUT2D eigenvalue weighted by Crippen LogP contribution is 2.21. The minimum absolute atomic E-state index is 0.0641. The zero-order valence-electron chi connectivity index (χ0n) is 12.1. The van der Waals surface area contributed by atoms with Crippen LogP contribution in [0, 0.1) is 0 Å². The fraction of sp³-hybridized carbons (Fsp3) is 0.312. The Morgan fingerprint density at radius 2 is 1.75 bits per heavy atom. The summed E-state index contributed by atoms with van der Waals surface area (Å²) in [7, 11) is 0. The van der Waals surface area contributed by atoms with Crippen molar-refractivity contribution in [2.45, 2.75) is 32.2 Å². The first-order chi connectivity index (χ1) is 9.46. The van der Waals surface area contributed by atoms with Crippen LogP contribution in [-0.4, -0.2) is 10.5 Å². The molecule has 4 heteroatoms. The van der Waals surface area contributed by atoms with Crippen molar-refractivity contribution in [2.75, 3.05) is 16.8 Å². The minimum Gasteiger partial charge on any atom is -0.396 e. The van der Waals surface area contributed by atoms with Gasteiger partial charge in [0, 0.05) is 5.54 Å². The van der Waals surface area contributed by atoms with Gasteiger partial charge in [0.15, 0.2) is 0 Å². The van der Waals surface area contributed by atoms with Crippen molar-refractivity contribution in [3.63, 3.8) is 0 Å². The lowest BCUT2D eigenvalue weighted by Gasteiger charge is -2.27. The number of pyridine rings is 1. The number of aryl methyl sites for hydroxylation is 1. The van der Waals surface area contributed by atoms with E-state index >= 15 is 0 Å². The Morgan fingerprint density at radius 3 is 2.40 bits per heavy atom. The molecule has 0 saturated heterocycles. The summed E-state index contributed by atoms with van der Waals surface area (Å²) in [5, 5.41) is 3.41. The summed E-state index contributed by atoms with van der Waals surface area (Å²) in [4.78, 5) is 4.25. The van der Waals surface area contributed by atoms with Crippen molar-refractivity contribution in [2.24, 2.45) is 0 Å². The van der Waals surface area contributed by atoms with Crippen LogP contribution in [-0.2, 0) is 6.42 Å². The van der Waals surface area contributed by atoms with Crippen LogP contribution in [0.25, 0.3) is 0 Å². The molecule has 0 spiro atoms. The van der Waals surface area contributed by atoms with Gasteiger partial charge in [-0.1, -0.05) is 30.3 Å². The third-order valence-corrected chi connectivity index (χ3v) is 3.31. The summed E-state index contributed by atoms with van der Waals surface area (Å²) in [5.74, 6) is 1.13. The number of rotatable bonds is 5. The van der Waals surface area contributed by atoms with Crippen LogP contribution in [0.3, 0.4) is 0 Å². The molecule has 2 rings (SSSR count). The molecule has 0 unspecified atom stereocenters. The topological polar surface area (TPSA) is 77.0 Å². The molecular formula is C16H22N4. The fourth-order valence-corrected chi connectivity index (χ4v) is 2.07. The van der Waals surface area contributed by atoms with E-state index in [0.717, 1.165) is 18.7 Å². The molecule has 2 aromatic rings. The molecular weight excluding hydrogens is 248 g/mol. The van der Waals surface area contributed by atoms with E-state index in [4.69, 9.17) is 11.5 Å². The number of nitrogens with zero attached hydrogens (tertiary/aromatic N) is 1. The van der Waals surface area contributed by atoms with E-state index < -0.39 is 0 Å². The van der Waals surface area contributed by atoms with E-state index in [-0.39, 0.29) is 5.54 Å². The largest absolute Gasteiger partial charge is 0.396 e. The van der Waals surface area contributed by atoms with E-state index in [1.54, 1.807) is 6.07 Å². The molecule has 1 heterocycles. The number of benzene rings is 1. The molecule has 5 N–H and O–H groups in total. The number of hydrogen-bond acceptors (Lipinski definition) is 4. The van der Waals surface area contributed by atoms with Crippen LogP contribution < -0.4 is 16.8 Å². The minimum atomic E-state index is -0.0641. The van der Waals surface area contributed by atoms with Gasteiger partial charge in [0.25, 0.3) is 0 Å². The third kappa shape index (κ3) is 3.88. The molecule has 1 aromatic carbocycles. The van der Waals surface area contributed by atoms with E-state index in [0.29, 0.717) is 11.5 Å². The summed E-state index contributed by atoms with van der Waals surface area (Å²) in [5.41, 5.74) is 13.2. The van der Waals surface area contributed by atoms with Crippen LogP contribution in [0.1, 0.15) is 25.8 Å². The first kappa shape index (κ1) is 14.2. The molecule has 0 aliphatic rings. The number of hydrogen-bond donors (Lipinski definition) is 3. The normalized spacial score (nSPS) is 11.3. The first-order valence-corrected chi connectivity index (χ1v) is 6.80. The maximum absolute atomic E-state index is 5.73. The quantitative estimate of drug-likeness (QED) is 0.780. The Hall–Kier alpha value is -2.23. The summed E-state index contributed by atoms with van der Waals surface area (Å²) in [6.07, 6.45) is 2.02. The zero-order chi connectivity index (χ0) is 14.6. The van der Waals surface area contributed by atoms with Crippen molar-refractivity contribution >= 4 is 17.3 Å². The maximum atomic E-state index is 5.73. The van der Waals surface area contributed by atoms with E-state index in [1.807, 2.05) is 12.1 Å². The van der Waals surface area contributed by atoms with Gasteiger partial charge in [-0.2, -0.15) is 0 Å². The van der Waals surface area contributed by atoms with Crippen molar-refractivity contribution in [3.05, 3.63) is 48.0 Å². The molecule has 0 saturated carbocycles. The second-order valence-corrected chi connectivity index (χ2v) is 5.67. The molecule has 106 valence electrons. The molecule has 0 bridgehead atoms. The third-order valence-electron chi connectivity index (χ3n) is 3.31. The lowest BCUT2D eigenvalue weighted by Crippen LogP contribution is -2.32. The molecule has 0 aliphatic heterocycles. The van der Waals surface area contributed by atoms with Gasteiger partial charge in [0.2, 0.25) is 0 Å². The van der Waals surface area contributed by atoms with Crippen LogP contribution in [0.5, 0.6) is 0 Å². The van der Waals surface area contributed by atoms with Gasteiger partial charge in [-0.25, -0.2) is 4.98 Å². The highest BCUT2D eigenvalue weighted by Gasteiger charge is 2.18. The van der Waals surface area contributed by atoms with Gasteiger partial charge < -0.3 is 16.8 Å². The standard InChI is InChI=1S/C16H22N4/c1-16(2,11-10-12-6-4-3-5-7-12)20-14-9-8-13(17)15(18)19-14/h3-9H,10-11,17H2,1-2H3,(H3,18,19,20). The number of nitrogens with two attached hydrogens (primary N) is 2. The number of aromatic nitrogens is 1. The molecule has 0 radical (unpaired) electrons. The Morgan fingerprint density at radius 1 is 1.05 bits per heavy atom. The molecule has 0 amide bonds. The SMILES string of the molecule is CC(C)(CCc1ccccc1)Nc1ccc(N)c(N)n1. The summed E-state index contributed by atoms with van der Waals surface area (Å²) in [6.45, 7) is 4.31. The average molecular weight is 270 g/mol. The average Bonchev–Trinajstić information content (AvgIpc) is 2.42.